The molecule has 98 valence electrons. The minimum absolute atomic E-state index is 0.0796. The van der Waals surface area contributed by atoms with Crippen LogP contribution in [0.4, 0.5) is 11.4 Å². The van der Waals surface area contributed by atoms with Crippen molar-refractivity contribution >= 4 is 17.3 Å². The number of para-hydroxylation sites is 1. The summed E-state index contributed by atoms with van der Waals surface area (Å²) in [5.74, 6) is -1.06. The molecular weight excluding hydrogens is 242 g/mol. The Bertz CT molecular complexity index is 459. The Hall–Kier alpha value is -2.19. The number of amides is 1. The number of nitrogens with one attached hydrogen (secondary N) is 1. The Morgan fingerprint density at radius 1 is 1.67 bits per heavy atom. The summed E-state index contributed by atoms with van der Waals surface area (Å²) in [5.41, 5.74) is 4.61. The van der Waals surface area contributed by atoms with Crippen molar-refractivity contribution in [2.45, 2.75) is 6.10 Å². The number of rotatable bonds is 5. The molecule has 1 aromatic carbocycles. The van der Waals surface area contributed by atoms with Crippen molar-refractivity contribution in [1.82, 2.24) is 0 Å². The molecule has 0 aromatic heterocycles. The Balaban J connectivity index is 3.03. The van der Waals surface area contributed by atoms with E-state index >= 15 is 0 Å². The molecule has 1 atom stereocenters. The summed E-state index contributed by atoms with van der Waals surface area (Å²) in [6.45, 7) is -0.0796. The van der Waals surface area contributed by atoms with Crippen LogP contribution in [0.1, 0.15) is 0 Å². The molecule has 0 fully saturated rings. The second kappa shape index (κ2) is 5.94. The number of carbonyl (C=O) groups excluding carboxylic acids is 1. The summed E-state index contributed by atoms with van der Waals surface area (Å²) in [4.78, 5) is 21.7. The fourth-order valence-electron chi connectivity index (χ4n) is 1.32. The number of methoxy groups -OCH3 is 1. The first kappa shape index (κ1) is 13.9. The number of aromatic hydroxyl groups is 1. The minimum Gasteiger partial charge on any atom is -0.505 e. The van der Waals surface area contributed by atoms with Gasteiger partial charge in [-0.2, -0.15) is 0 Å². The van der Waals surface area contributed by atoms with Gasteiger partial charge in [0, 0.05) is 19.7 Å². The molecule has 0 saturated heterocycles. The van der Waals surface area contributed by atoms with Gasteiger partial charge in [0.25, 0.3) is 11.6 Å². The smallest absolute Gasteiger partial charge is 0.296 e. The Morgan fingerprint density at radius 2 is 2.33 bits per heavy atom. The normalized spacial score (nSPS) is 11.9. The molecule has 8 nitrogen and oxygen atoms in total. The summed E-state index contributed by atoms with van der Waals surface area (Å²) >= 11 is 0. The van der Waals surface area contributed by atoms with Gasteiger partial charge < -0.3 is 20.9 Å². The highest BCUT2D eigenvalue weighted by molar-refractivity contribution is 5.97. The predicted molar refractivity (Wildman–Crippen MR) is 63.2 cm³/mol. The molecule has 0 radical (unpaired) electrons. The molecular formula is C10H13N3O5. The van der Waals surface area contributed by atoms with Gasteiger partial charge >= 0.3 is 0 Å². The predicted octanol–water partition coefficient (Wildman–Crippen LogP) is 0.213. The number of nitrogens with zero attached hydrogens (tertiary/aromatic N) is 1. The summed E-state index contributed by atoms with van der Waals surface area (Å²) < 4.78 is 4.79. The lowest BCUT2D eigenvalue weighted by molar-refractivity contribution is -0.384. The van der Waals surface area contributed by atoms with Gasteiger partial charge in [-0.05, 0) is 6.07 Å². The van der Waals surface area contributed by atoms with Gasteiger partial charge in [0.15, 0.2) is 5.69 Å². The van der Waals surface area contributed by atoms with E-state index in [1.54, 1.807) is 0 Å². The maximum Gasteiger partial charge on any atom is 0.296 e. The van der Waals surface area contributed by atoms with E-state index in [1.807, 2.05) is 0 Å². The van der Waals surface area contributed by atoms with Crippen molar-refractivity contribution < 1.29 is 19.6 Å². The zero-order valence-electron chi connectivity index (χ0n) is 9.62. The fourth-order valence-corrected chi connectivity index (χ4v) is 1.32. The number of nitro groups is 1. The van der Waals surface area contributed by atoms with Crippen LogP contribution in [0, 0.1) is 10.1 Å². The van der Waals surface area contributed by atoms with Gasteiger partial charge in [0.1, 0.15) is 11.9 Å². The zero-order valence-corrected chi connectivity index (χ0v) is 9.62. The second-order valence-corrected chi connectivity index (χ2v) is 3.38. The number of ether oxygens (including phenoxy) is 1. The number of phenolic OH excluding ortho intramolecular Hbond substituents is 1. The van der Waals surface area contributed by atoms with Crippen molar-refractivity contribution in [3.63, 3.8) is 0 Å². The topological polar surface area (TPSA) is 128 Å². The highest BCUT2D eigenvalue weighted by Gasteiger charge is 2.23. The SMILES string of the molecule is COC(CN)C(=O)Nc1c(O)cccc1[N+](=O)[O-]. The number of carbonyl (C=O) groups is 1. The molecule has 1 rings (SSSR count). The van der Waals surface area contributed by atoms with E-state index in [0.717, 1.165) is 0 Å². The van der Waals surface area contributed by atoms with E-state index in [0.29, 0.717) is 0 Å². The van der Waals surface area contributed by atoms with Gasteiger partial charge in [-0.25, -0.2) is 0 Å². The van der Waals surface area contributed by atoms with E-state index in [-0.39, 0.29) is 12.2 Å². The fraction of sp³-hybridized carbons (Fsp3) is 0.300. The Kier molecular flexibility index (Phi) is 4.58. The highest BCUT2D eigenvalue weighted by atomic mass is 16.6. The van der Waals surface area contributed by atoms with E-state index in [1.165, 1.54) is 25.3 Å². The number of anilines is 1. The van der Waals surface area contributed by atoms with Crippen molar-refractivity contribution in [1.29, 1.82) is 0 Å². The Morgan fingerprint density at radius 3 is 2.83 bits per heavy atom. The van der Waals surface area contributed by atoms with Gasteiger partial charge in [-0.15, -0.1) is 0 Å². The lowest BCUT2D eigenvalue weighted by Crippen LogP contribution is -2.36. The van der Waals surface area contributed by atoms with Crippen molar-refractivity contribution in [2.75, 3.05) is 19.0 Å². The number of hydrogen-bond donors (Lipinski definition) is 3. The van der Waals surface area contributed by atoms with Crippen LogP contribution in [0.2, 0.25) is 0 Å². The van der Waals surface area contributed by atoms with Crippen molar-refractivity contribution in [2.24, 2.45) is 5.73 Å². The monoisotopic (exact) mass is 255 g/mol. The van der Waals surface area contributed by atoms with Crippen LogP contribution < -0.4 is 11.1 Å². The van der Waals surface area contributed by atoms with Crippen molar-refractivity contribution in [3.05, 3.63) is 28.3 Å². The van der Waals surface area contributed by atoms with Crippen LogP contribution >= 0.6 is 0 Å². The maximum absolute atomic E-state index is 11.7. The Labute approximate surface area is 103 Å². The number of nitrogens with two attached hydrogens (primary N) is 1. The van der Waals surface area contributed by atoms with Gasteiger partial charge in [0.2, 0.25) is 0 Å². The molecule has 0 heterocycles. The standard InChI is InChI=1S/C10H13N3O5/c1-18-8(5-11)10(15)12-9-6(13(16)17)3-2-4-7(9)14/h2-4,8,14H,5,11H2,1H3,(H,12,15). The van der Waals surface area contributed by atoms with E-state index in [9.17, 15) is 20.0 Å². The van der Waals surface area contributed by atoms with E-state index in [4.69, 9.17) is 10.5 Å². The molecule has 1 aromatic rings. The summed E-state index contributed by atoms with van der Waals surface area (Å²) in [7, 11) is 1.29. The molecule has 0 spiro atoms. The highest BCUT2D eigenvalue weighted by Crippen LogP contribution is 2.33. The minimum atomic E-state index is -0.941. The lowest BCUT2D eigenvalue weighted by atomic mass is 10.2. The molecule has 18 heavy (non-hydrogen) atoms. The molecule has 0 saturated carbocycles. The molecule has 1 unspecified atom stereocenters. The number of benzene rings is 1. The maximum atomic E-state index is 11.7. The number of nitro benzene ring substituents is 1. The molecule has 0 aliphatic carbocycles. The third-order valence-corrected chi connectivity index (χ3v) is 2.26. The molecule has 0 aliphatic rings. The summed E-state index contributed by atoms with van der Waals surface area (Å²) in [6.07, 6.45) is -0.941. The van der Waals surface area contributed by atoms with Crippen LogP contribution in [-0.4, -0.2) is 35.7 Å². The first-order chi connectivity index (χ1) is 8.51. The second-order valence-electron chi connectivity index (χ2n) is 3.38. The lowest BCUT2D eigenvalue weighted by Gasteiger charge is -2.13. The van der Waals surface area contributed by atoms with Gasteiger partial charge in [-0.1, -0.05) is 6.07 Å². The van der Waals surface area contributed by atoms with Crippen LogP contribution in [0.3, 0.4) is 0 Å². The quantitative estimate of drug-likeness (QED) is 0.392. The van der Waals surface area contributed by atoms with Gasteiger partial charge in [0.05, 0.1) is 4.92 Å². The average molecular weight is 255 g/mol. The van der Waals surface area contributed by atoms with Crippen LogP contribution in [0.5, 0.6) is 5.75 Å². The largest absolute Gasteiger partial charge is 0.505 e. The van der Waals surface area contributed by atoms with Crippen molar-refractivity contribution in [3.8, 4) is 5.75 Å². The summed E-state index contributed by atoms with van der Waals surface area (Å²) in [6, 6.07) is 3.70. The average Bonchev–Trinajstić information content (AvgIpc) is 2.33. The third kappa shape index (κ3) is 2.93. The molecule has 0 bridgehead atoms. The summed E-state index contributed by atoms with van der Waals surface area (Å²) in [5, 5.41) is 22.5. The van der Waals surface area contributed by atoms with E-state index < -0.39 is 28.4 Å². The van der Waals surface area contributed by atoms with Gasteiger partial charge in [-0.3, -0.25) is 14.9 Å². The number of hydrogen-bond acceptors (Lipinski definition) is 6. The third-order valence-electron chi connectivity index (χ3n) is 2.26. The van der Waals surface area contributed by atoms with Crippen LogP contribution in [0.25, 0.3) is 0 Å². The van der Waals surface area contributed by atoms with E-state index in [2.05, 4.69) is 5.32 Å². The molecule has 4 N–H and O–H groups in total. The first-order valence-corrected chi connectivity index (χ1v) is 5.01. The van der Waals surface area contributed by atoms with Crippen LogP contribution in [-0.2, 0) is 9.53 Å². The number of phenols is 1. The molecule has 8 heteroatoms. The zero-order chi connectivity index (χ0) is 13.7. The molecule has 0 aliphatic heterocycles. The molecule has 1 amide bonds. The first-order valence-electron chi connectivity index (χ1n) is 5.01. The van der Waals surface area contributed by atoms with Crippen LogP contribution in [0.15, 0.2) is 18.2 Å².